The number of likely N-dealkylation sites (tertiary alicyclic amines) is 1. The maximum Gasteiger partial charge on any atom is 0.410 e. The van der Waals surface area contributed by atoms with Gasteiger partial charge in [0.2, 0.25) is 0 Å². The van der Waals surface area contributed by atoms with Gasteiger partial charge in [0.05, 0.1) is 6.04 Å². The fourth-order valence-corrected chi connectivity index (χ4v) is 6.02. The number of carbonyl (C=O) groups is 1. The predicted molar refractivity (Wildman–Crippen MR) is 153 cm³/mol. The van der Waals surface area contributed by atoms with Crippen LogP contribution in [-0.2, 0) is 24.2 Å². The minimum atomic E-state index is -0.526. The Morgan fingerprint density at radius 2 is 2.03 bits per heavy atom. The minimum Gasteiger partial charge on any atom is -0.444 e. The van der Waals surface area contributed by atoms with Gasteiger partial charge < -0.3 is 14.6 Å². The zero-order valence-corrected chi connectivity index (χ0v) is 23.3. The lowest BCUT2D eigenvalue weighted by molar-refractivity contribution is 0.0223. The fraction of sp³-hybridized carbons (Fsp3) is 0.406. The highest BCUT2D eigenvalue weighted by atomic mass is 16.6. The van der Waals surface area contributed by atoms with E-state index in [0.717, 1.165) is 61.1 Å². The van der Waals surface area contributed by atoms with E-state index in [9.17, 15) is 4.79 Å². The van der Waals surface area contributed by atoms with Gasteiger partial charge in [-0.05, 0) is 98.5 Å². The van der Waals surface area contributed by atoms with Gasteiger partial charge in [-0.25, -0.2) is 9.78 Å². The number of ether oxygens (including phenoxy) is 1. The first-order valence-corrected chi connectivity index (χ1v) is 14.0. The molecule has 1 saturated heterocycles. The van der Waals surface area contributed by atoms with Crippen molar-refractivity contribution in [2.45, 2.75) is 71.7 Å². The van der Waals surface area contributed by atoms with Crippen LogP contribution in [-0.4, -0.2) is 49.5 Å². The number of aromatic nitrogens is 3. The van der Waals surface area contributed by atoms with Crippen molar-refractivity contribution in [1.29, 1.82) is 0 Å². The van der Waals surface area contributed by atoms with Crippen LogP contribution in [0.15, 0.2) is 55.1 Å². The molecule has 1 fully saturated rings. The van der Waals surface area contributed by atoms with Crippen molar-refractivity contribution < 1.29 is 9.53 Å². The molecule has 2 aliphatic rings. The third-order valence-corrected chi connectivity index (χ3v) is 7.90. The monoisotopic (exact) mass is 523 g/mol. The Balaban J connectivity index is 1.41. The molecular formula is C32H37N5O2. The number of carbonyl (C=O) groups excluding carboxylic acids is 1. The van der Waals surface area contributed by atoms with E-state index in [0.29, 0.717) is 6.54 Å². The molecule has 0 radical (unpaired) electrons. The Hall–Kier alpha value is -3.71. The molecule has 7 nitrogen and oxygen atoms in total. The number of nitrogens with zero attached hydrogens (tertiary/aromatic N) is 4. The molecule has 1 amide bonds. The van der Waals surface area contributed by atoms with Crippen molar-refractivity contribution in [3.63, 3.8) is 0 Å². The van der Waals surface area contributed by atoms with Crippen LogP contribution in [0.2, 0.25) is 0 Å². The van der Waals surface area contributed by atoms with E-state index in [2.05, 4.69) is 46.1 Å². The molecule has 1 N–H and O–H groups in total. The van der Waals surface area contributed by atoms with E-state index >= 15 is 0 Å². The van der Waals surface area contributed by atoms with Gasteiger partial charge in [0.25, 0.3) is 0 Å². The number of fused-ring (bicyclic) bond motifs is 2. The van der Waals surface area contributed by atoms with Gasteiger partial charge in [-0.2, -0.15) is 0 Å². The molecule has 6 rings (SSSR count). The van der Waals surface area contributed by atoms with E-state index in [4.69, 9.17) is 9.72 Å². The van der Waals surface area contributed by atoms with Crippen LogP contribution in [0.3, 0.4) is 0 Å². The number of hydrogen-bond donors (Lipinski definition) is 1. The maximum atomic E-state index is 13.3. The zero-order valence-electron chi connectivity index (χ0n) is 23.3. The van der Waals surface area contributed by atoms with Crippen molar-refractivity contribution in [2.75, 3.05) is 13.1 Å². The Morgan fingerprint density at radius 1 is 1.15 bits per heavy atom. The van der Waals surface area contributed by atoms with Crippen LogP contribution in [0.25, 0.3) is 22.2 Å². The molecule has 0 unspecified atom stereocenters. The van der Waals surface area contributed by atoms with Crippen molar-refractivity contribution >= 4 is 17.1 Å². The standard InChI is InChI=1S/C32H37N5O2/c1-21-16-34-30-26(21)15-25(18-35-30)24-13-23-9-12-36(19-22-7-5-10-33-17-22)20-28(23)27(14-24)29-8-6-11-37(29)31(38)39-32(2,3)4/h5,7,10,13-18,29H,6,8-9,11-12,19-20H2,1-4H3,(H,34,35)/t29-/m0/s1. The van der Waals surface area contributed by atoms with E-state index in [1.807, 2.05) is 56.5 Å². The number of pyridine rings is 2. The molecule has 39 heavy (non-hydrogen) atoms. The van der Waals surface area contributed by atoms with Gasteiger partial charge >= 0.3 is 6.09 Å². The maximum absolute atomic E-state index is 13.3. The van der Waals surface area contributed by atoms with Crippen molar-refractivity contribution in [2.24, 2.45) is 0 Å². The number of rotatable bonds is 4. The van der Waals surface area contributed by atoms with Crippen LogP contribution in [0.1, 0.15) is 67.5 Å². The first-order valence-electron chi connectivity index (χ1n) is 14.0. The summed E-state index contributed by atoms with van der Waals surface area (Å²) in [5, 5.41) is 1.14. The Bertz CT molecular complexity index is 1500. The van der Waals surface area contributed by atoms with Crippen molar-refractivity contribution in [3.8, 4) is 11.1 Å². The molecule has 0 spiro atoms. The number of amides is 1. The van der Waals surface area contributed by atoms with E-state index in [-0.39, 0.29) is 12.1 Å². The largest absolute Gasteiger partial charge is 0.444 e. The summed E-state index contributed by atoms with van der Waals surface area (Å²) in [4.78, 5) is 30.0. The molecule has 7 heteroatoms. The van der Waals surface area contributed by atoms with E-state index in [1.165, 1.54) is 27.8 Å². The van der Waals surface area contributed by atoms with Crippen LogP contribution >= 0.6 is 0 Å². The summed E-state index contributed by atoms with van der Waals surface area (Å²) in [6.07, 6.45) is 10.4. The summed E-state index contributed by atoms with van der Waals surface area (Å²) < 4.78 is 5.84. The molecule has 1 atom stereocenters. The van der Waals surface area contributed by atoms with Crippen LogP contribution in [0.4, 0.5) is 4.79 Å². The van der Waals surface area contributed by atoms with Crippen molar-refractivity contribution in [1.82, 2.24) is 24.8 Å². The second-order valence-corrected chi connectivity index (χ2v) is 11.9. The summed E-state index contributed by atoms with van der Waals surface area (Å²) in [5.74, 6) is 0. The number of aryl methyl sites for hydroxylation is 1. The summed E-state index contributed by atoms with van der Waals surface area (Å²) in [5.41, 5.74) is 9.02. The number of hydrogen-bond acceptors (Lipinski definition) is 5. The Kier molecular flexibility index (Phi) is 6.63. The summed E-state index contributed by atoms with van der Waals surface area (Å²) in [7, 11) is 0. The highest BCUT2D eigenvalue weighted by Crippen LogP contribution is 2.40. The summed E-state index contributed by atoms with van der Waals surface area (Å²) in [6.45, 7) is 11.3. The second-order valence-electron chi connectivity index (χ2n) is 11.9. The molecule has 202 valence electrons. The van der Waals surface area contributed by atoms with E-state index < -0.39 is 5.60 Å². The zero-order chi connectivity index (χ0) is 27.1. The smallest absolute Gasteiger partial charge is 0.410 e. The molecule has 0 saturated carbocycles. The third-order valence-electron chi connectivity index (χ3n) is 7.90. The average Bonchev–Trinajstić information content (AvgIpc) is 3.55. The Labute approximate surface area is 230 Å². The molecule has 1 aromatic carbocycles. The van der Waals surface area contributed by atoms with Gasteiger partial charge in [-0.15, -0.1) is 0 Å². The van der Waals surface area contributed by atoms with Crippen molar-refractivity contribution in [3.05, 3.63) is 82.9 Å². The predicted octanol–water partition coefficient (Wildman–Crippen LogP) is 6.56. The first kappa shape index (κ1) is 25.6. The highest BCUT2D eigenvalue weighted by Gasteiger charge is 2.36. The SMILES string of the molecule is Cc1c[nH]c2ncc(-c3cc4c(c([C@@H]5CCCN5C(=O)OC(C)(C)C)c3)CN(Cc3cccnc3)CC4)cc12. The minimum absolute atomic E-state index is 0.00224. The van der Waals surface area contributed by atoms with E-state index in [1.54, 1.807) is 0 Å². The van der Waals surface area contributed by atoms with Crippen LogP contribution in [0, 0.1) is 6.92 Å². The van der Waals surface area contributed by atoms with Crippen LogP contribution < -0.4 is 0 Å². The Morgan fingerprint density at radius 3 is 2.82 bits per heavy atom. The van der Waals surface area contributed by atoms with Gasteiger partial charge in [0.1, 0.15) is 11.2 Å². The average molecular weight is 524 g/mol. The number of H-pyrrole nitrogens is 1. The van der Waals surface area contributed by atoms with Gasteiger partial charge in [0.15, 0.2) is 0 Å². The van der Waals surface area contributed by atoms with Gasteiger partial charge in [-0.1, -0.05) is 12.1 Å². The first-order chi connectivity index (χ1) is 18.7. The molecule has 0 aliphatic carbocycles. The fourth-order valence-electron chi connectivity index (χ4n) is 6.02. The molecule has 0 bridgehead atoms. The third kappa shape index (κ3) is 5.28. The number of nitrogens with one attached hydrogen (secondary N) is 1. The molecular weight excluding hydrogens is 486 g/mol. The highest BCUT2D eigenvalue weighted by molar-refractivity contribution is 5.84. The quantitative estimate of drug-likeness (QED) is 0.328. The molecule has 5 heterocycles. The molecule has 4 aromatic rings. The second kappa shape index (κ2) is 10.1. The van der Waals surface area contributed by atoms with Gasteiger partial charge in [0, 0.05) is 61.9 Å². The topological polar surface area (TPSA) is 74.3 Å². The van der Waals surface area contributed by atoms with Crippen LogP contribution in [0.5, 0.6) is 0 Å². The lowest BCUT2D eigenvalue weighted by atomic mass is 9.86. The lowest BCUT2D eigenvalue weighted by Gasteiger charge is -2.35. The van der Waals surface area contributed by atoms with Gasteiger partial charge in [-0.3, -0.25) is 9.88 Å². The normalized spacial score (nSPS) is 17.9. The molecule has 3 aromatic heterocycles. The summed E-state index contributed by atoms with van der Waals surface area (Å²) >= 11 is 0. The lowest BCUT2D eigenvalue weighted by Crippen LogP contribution is -2.37. The molecule has 2 aliphatic heterocycles. The number of aromatic amines is 1. The summed E-state index contributed by atoms with van der Waals surface area (Å²) in [6, 6.07) is 11.0. The number of benzene rings is 1.